The first-order valence-electron chi connectivity index (χ1n) is 11.9. The maximum atomic E-state index is 11.8. The molecule has 1 unspecified atom stereocenters. The number of nitrogens with one attached hydrogen (secondary N) is 1. The van der Waals surface area contributed by atoms with Gasteiger partial charge in [-0.3, -0.25) is 10.1 Å². The lowest BCUT2D eigenvalue weighted by Gasteiger charge is -2.32. The molecule has 1 atom stereocenters. The lowest BCUT2D eigenvalue weighted by Crippen LogP contribution is -2.41. The summed E-state index contributed by atoms with van der Waals surface area (Å²) in [6.07, 6.45) is 0. The first-order valence-corrected chi connectivity index (χ1v) is 11.9. The largest absolute Gasteiger partial charge is 0.494 e. The Morgan fingerprint density at radius 3 is 2.11 bits per heavy atom. The molecule has 1 saturated heterocycles. The van der Waals surface area contributed by atoms with Crippen LogP contribution in [0, 0.1) is 10.1 Å². The zero-order valence-electron chi connectivity index (χ0n) is 20.4. The maximum absolute atomic E-state index is 11.8. The van der Waals surface area contributed by atoms with Crippen LogP contribution in [0.25, 0.3) is 22.2 Å². The standard InChI is InChI=1S/C28H29BN2O4/c1-27(2)28(3,4)35-29(34-27)21-15-16-22-24(17-21)30-26(20-13-9-6-10-14-20)25(22)23(18-31(32)33)19-11-7-5-8-12-19/h5-17,23,30H,18H2,1-4H3. The number of H-pyrrole nitrogens is 1. The second-order valence-electron chi connectivity index (χ2n) is 10.2. The third-order valence-corrected chi connectivity index (χ3v) is 7.33. The fraction of sp³-hybridized carbons (Fsp3) is 0.286. The molecular weight excluding hydrogens is 439 g/mol. The summed E-state index contributed by atoms with van der Waals surface area (Å²) in [4.78, 5) is 15.1. The molecule has 0 amide bonds. The number of rotatable bonds is 6. The SMILES string of the molecule is CC1(C)OB(c2ccc3c(C(C[N+](=O)[O-])c4ccccc4)c(-c4ccccc4)[nH]c3c2)OC1(C)C. The first kappa shape index (κ1) is 23.3. The number of nitrogens with zero attached hydrogens (tertiary/aromatic N) is 1. The van der Waals surface area contributed by atoms with Gasteiger partial charge in [-0.1, -0.05) is 72.8 Å². The molecule has 0 spiro atoms. The Labute approximate surface area is 205 Å². The maximum Gasteiger partial charge on any atom is 0.494 e. The van der Waals surface area contributed by atoms with Crippen LogP contribution in [-0.2, 0) is 9.31 Å². The molecule has 2 heterocycles. The molecule has 1 aliphatic heterocycles. The molecule has 0 radical (unpaired) electrons. The van der Waals surface area contributed by atoms with Gasteiger partial charge in [0.05, 0.1) is 22.8 Å². The average molecular weight is 468 g/mol. The summed E-state index contributed by atoms with van der Waals surface area (Å²) < 4.78 is 12.5. The Kier molecular flexibility index (Phi) is 5.78. The second kappa shape index (κ2) is 8.66. The van der Waals surface area contributed by atoms with E-state index in [9.17, 15) is 10.1 Å². The minimum atomic E-state index is -0.486. The van der Waals surface area contributed by atoms with Crippen LogP contribution in [-0.4, -0.2) is 34.8 Å². The summed E-state index contributed by atoms with van der Waals surface area (Å²) in [5, 5.41) is 12.7. The van der Waals surface area contributed by atoms with Crippen LogP contribution in [0.2, 0.25) is 0 Å². The van der Waals surface area contributed by atoms with Crippen LogP contribution < -0.4 is 5.46 Å². The number of hydrogen-bond acceptors (Lipinski definition) is 4. The molecule has 6 nitrogen and oxygen atoms in total. The average Bonchev–Trinajstić information content (AvgIpc) is 3.31. The normalized spacial score (nSPS) is 17.5. The van der Waals surface area contributed by atoms with Crippen LogP contribution in [0.3, 0.4) is 0 Å². The van der Waals surface area contributed by atoms with Gasteiger partial charge in [0.1, 0.15) is 0 Å². The predicted octanol–water partition coefficient (Wildman–Crippen LogP) is 5.54. The molecule has 1 aromatic heterocycles. The van der Waals surface area contributed by atoms with Crippen molar-refractivity contribution >= 4 is 23.5 Å². The van der Waals surface area contributed by atoms with Crippen LogP contribution in [0.5, 0.6) is 0 Å². The molecule has 1 N–H and O–H groups in total. The summed E-state index contributed by atoms with van der Waals surface area (Å²) in [5.74, 6) is -0.405. The highest BCUT2D eigenvalue weighted by molar-refractivity contribution is 6.62. The summed E-state index contributed by atoms with van der Waals surface area (Å²) in [6.45, 7) is 7.94. The lowest BCUT2D eigenvalue weighted by molar-refractivity contribution is -0.481. The van der Waals surface area contributed by atoms with Crippen molar-refractivity contribution in [3.63, 3.8) is 0 Å². The summed E-state index contributed by atoms with van der Waals surface area (Å²) in [6, 6.07) is 25.7. The van der Waals surface area contributed by atoms with Gasteiger partial charge in [-0.2, -0.15) is 0 Å². The highest BCUT2D eigenvalue weighted by atomic mass is 16.7. The van der Waals surface area contributed by atoms with E-state index in [4.69, 9.17) is 9.31 Å². The lowest BCUT2D eigenvalue weighted by atomic mass is 9.78. The molecule has 178 valence electrons. The van der Waals surface area contributed by atoms with Crippen LogP contribution in [0.15, 0.2) is 78.9 Å². The number of hydrogen-bond donors (Lipinski definition) is 1. The monoisotopic (exact) mass is 468 g/mol. The molecule has 5 rings (SSSR count). The zero-order chi connectivity index (χ0) is 24.8. The number of aromatic amines is 1. The minimum absolute atomic E-state index is 0.199. The van der Waals surface area contributed by atoms with Crippen LogP contribution in [0.1, 0.15) is 44.7 Å². The van der Waals surface area contributed by atoms with Gasteiger partial charge >= 0.3 is 7.12 Å². The second-order valence-corrected chi connectivity index (χ2v) is 10.2. The number of aromatic nitrogens is 1. The Balaban J connectivity index is 1.68. The topological polar surface area (TPSA) is 77.4 Å². The highest BCUT2D eigenvalue weighted by Crippen LogP contribution is 2.40. The van der Waals surface area contributed by atoms with Crippen molar-refractivity contribution in [1.82, 2.24) is 4.98 Å². The van der Waals surface area contributed by atoms with Crippen molar-refractivity contribution in [2.45, 2.75) is 44.8 Å². The van der Waals surface area contributed by atoms with E-state index < -0.39 is 24.2 Å². The van der Waals surface area contributed by atoms with Gasteiger partial charge < -0.3 is 14.3 Å². The van der Waals surface area contributed by atoms with E-state index in [0.717, 1.165) is 38.8 Å². The summed E-state index contributed by atoms with van der Waals surface area (Å²) in [7, 11) is -0.486. The molecule has 1 fully saturated rings. The van der Waals surface area contributed by atoms with Crippen molar-refractivity contribution in [2.24, 2.45) is 0 Å². The quantitative estimate of drug-likeness (QED) is 0.229. The molecule has 3 aromatic carbocycles. The van der Waals surface area contributed by atoms with E-state index in [2.05, 4.69) is 4.98 Å². The van der Waals surface area contributed by atoms with Crippen molar-refractivity contribution in [2.75, 3.05) is 6.54 Å². The van der Waals surface area contributed by atoms with Gasteiger partial charge in [0.15, 0.2) is 0 Å². The molecular formula is C28H29BN2O4. The smallest absolute Gasteiger partial charge is 0.399 e. The van der Waals surface area contributed by atoms with Gasteiger partial charge in [0.2, 0.25) is 6.54 Å². The minimum Gasteiger partial charge on any atom is -0.399 e. The third-order valence-electron chi connectivity index (χ3n) is 7.33. The van der Waals surface area contributed by atoms with Gasteiger partial charge in [0, 0.05) is 15.8 Å². The Morgan fingerprint density at radius 1 is 0.914 bits per heavy atom. The zero-order valence-corrected chi connectivity index (χ0v) is 20.4. The fourth-order valence-electron chi connectivity index (χ4n) is 4.75. The molecule has 7 heteroatoms. The number of fused-ring (bicyclic) bond motifs is 1. The van der Waals surface area contributed by atoms with Crippen molar-refractivity contribution in [1.29, 1.82) is 0 Å². The van der Waals surface area contributed by atoms with Gasteiger partial charge in [-0.15, -0.1) is 0 Å². The first-order chi connectivity index (χ1) is 16.7. The Hall–Kier alpha value is -3.42. The molecule has 35 heavy (non-hydrogen) atoms. The van der Waals surface area contributed by atoms with Gasteiger partial charge in [-0.25, -0.2) is 0 Å². The van der Waals surface area contributed by atoms with Crippen LogP contribution >= 0.6 is 0 Å². The molecule has 4 aromatic rings. The van der Waals surface area contributed by atoms with Gasteiger partial charge in [0.25, 0.3) is 0 Å². The van der Waals surface area contributed by atoms with Crippen molar-refractivity contribution in [3.05, 3.63) is 100 Å². The van der Waals surface area contributed by atoms with Crippen molar-refractivity contribution < 1.29 is 14.2 Å². The van der Waals surface area contributed by atoms with Crippen LogP contribution in [0.4, 0.5) is 0 Å². The van der Waals surface area contributed by atoms with E-state index in [1.54, 1.807) is 0 Å². The Bertz CT molecular complexity index is 1350. The molecule has 1 aliphatic rings. The number of benzene rings is 3. The van der Waals surface area contributed by atoms with E-state index in [-0.39, 0.29) is 11.5 Å². The van der Waals surface area contributed by atoms with Gasteiger partial charge in [-0.05, 0) is 55.9 Å². The summed E-state index contributed by atoms with van der Waals surface area (Å²) >= 11 is 0. The van der Waals surface area contributed by atoms with E-state index in [0.29, 0.717) is 0 Å². The van der Waals surface area contributed by atoms with Crippen molar-refractivity contribution in [3.8, 4) is 11.3 Å². The molecule has 0 saturated carbocycles. The number of nitro groups is 1. The Morgan fingerprint density at radius 2 is 1.51 bits per heavy atom. The fourth-order valence-corrected chi connectivity index (χ4v) is 4.75. The molecule has 0 aliphatic carbocycles. The predicted molar refractivity (Wildman–Crippen MR) is 140 cm³/mol. The third kappa shape index (κ3) is 4.26. The molecule has 0 bridgehead atoms. The summed E-state index contributed by atoms with van der Waals surface area (Å²) in [5.41, 5.74) is 4.65. The van der Waals surface area contributed by atoms with E-state index in [1.807, 2.05) is 107 Å². The van der Waals surface area contributed by atoms with E-state index in [1.165, 1.54) is 0 Å². The van der Waals surface area contributed by atoms with E-state index >= 15 is 0 Å². The highest BCUT2D eigenvalue weighted by Gasteiger charge is 2.51.